The Morgan fingerprint density at radius 1 is 1.09 bits per heavy atom. The summed E-state index contributed by atoms with van der Waals surface area (Å²) < 4.78 is 18.1. The number of benzene rings is 1. The van der Waals surface area contributed by atoms with E-state index >= 15 is 0 Å². The molecule has 47 heavy (non-hydrogen) atoms. The maximum Gasteiger partial charge on any atom is 0.412 e. The lowest BCUT2D eigenvalue weighted by atomic mass is 9.76. The van der Waals surface area contributed by atoms with Gasteiger partial charge < -0.3 is 19.5 Å². The van der Waals surface area contributed by atoms with Gasteiger partial charge in [0, 0.05) is 16.3 Å². The largest absolute Gasteiger partial charge is 0.462 e. The van der Waals surface area contributed by atoms with E-state index in [1.54, 1.807) is 4.90 Å². The minimum atomic E-state index is -0.790. The average Bonchev–Trinajstić information content (AvgIpc) is 3.43. The van der Waals surface area contributed by atoms with Gasteiger partial charge in [0.2, 0.25) is 0 Å². The van der Waals surface area contributed by atoms with E-state index in [1.807, 2.05) is 46.0 Å². The van der Waals surface area contributed by atoms with Crippen LogP contribution in [0.25, 0.3) is 0 Å². The highest BCUT2D eigenvalue weighted by atomic mass is 32.1. The molecule has 1 aromatic heterocycles. The fourth-order valence-electron chi connectivity index (χ4n) is 6.77. The van der Waals surface area contributed by atoms with Crippen LogP contribution in [0.5, 0.6) is 0 Å². The Hall–Kier alpha value is -2.42. The second-order valence-corrected chi connectivity index (χ2v) is 17.4. The number of thiophene rings is 1. The lowest BCUT2D eigenvalue weighted by Gasteiger charge is -2.35. The number of unbranched alkanes of at least 4 members (excludes halogenated alkanes) is 1. The smallest absolute Gasteiger partial charge is 0.412 e. The predicted octanol–water partition coefficient (Wildman–Crippen LogP) is 8.53. The Balaban J connectivity index is 1.50. The fraction of sp³-hybridized carbons (Fsp3) is 0.692. The first-order chi connectivity index (χ1) is 22.0. The molecule has 2 aliphatic rings. The van der Waals surface area contributed by atoms with Crippen molar-refractivity contribution in [2.75, 3.05) is 19.7 Å². The number of rotatable bonds is 13. The number of hydrogen-bond acceptors (Lipinski definition) is 7. The minimum absolute atomic E-state index is 0.146. The van der Waals surface area contributed by atoms with Gasteiger partial charge in [0.05, 0.1) is 24.3 Å². The number of aryl methyl sites for hydroxylation is 3. The van der Waals surface area contributed by atoms with Crippen LogP contribution in [-0.2, 0) is 46.3 Å². The highest BCUT2D eigenvalue weighted by Gasteiger charge is 2.51. The number of ether oxygens (including phenoxy) is 3. The number of esters is 1. The Labute approximate surface area is 288 Å². The van der Waals surface area contributed by atoms with E-state index in [0.29, 0.717) is 25.5 Å². The number of carbonyl (C=O) groups is 2. The molecule has 1 aliphatic heterocycles. The molecule has 1 amide bonds. The van der Waals surface area contributed by atoms with Crippen LogP contribution in [0.2, 0.25) is 0 Å². The van der Waals surface area contributed by atoms with Crippen LogP contribution in [0.4, 0.5) is 4.79 Å². The van der Waals surface area contributed by atoms with Crippen molar-refractivity contribution in [3.8, 4) is 0 Å². The van der Waals surface area contributed by atoms with Crippen LogP contribution in [0.15, 0.2) is 24.3 Å². The first-order valence-corrected chi connectivity index (χ1v) is 18.6. The van der Waals surface area contributed by atoms with Crippen molar-refractivity contribution in [1.29, 1.82) is 0 Å². The van der Waals surface area contributed by atoms with Gasteiger partial charge in [-0.25, -0.2) is 9.59 Å². The molecule has 4 rings (SSSR count). The topological polar surface area (TPSA) is 77.1 Å². The summed E-state index contributed by atoms with van der Waals surface area (Å²) in [4.78, 5) is 31.2. The third kappa shape index (κ3) is 10.1. The van der Waals surface area contributed by atoms with Gasteiger partial charge in [-0.2, -0.15) is 0 Å². The molecule has 1 aromatic carbocycles. The Morgan fingerprint density at radius 2 is 1.77 bits per heavy atom. The summed E-state index contributed by atoms with van der Waals surface area (Å²) in [5.74, 6) is 0.374. The molecule has 0 saturated carbocycles. The Morgan fingerprint density at radius 3 is 2.40 bits per heavy atom. The molecule has 262 valence electrons. The van der Waals surface area contributed by atoms with Gasteiger partial charge in [0.15, 0.2) is 0 Å². The van der Waals surface area contributed by atoms with Crippen molar-refractivity contribution in [2.24, 2.45) is 11.3 Å². The number of hydrogen-bond donors (Lipinski definition) is 1. The van der Waals surface area contributed by atoms with Gasteiger partial charge in [-0.05, 0) is 114 Å². The summed E-state index contributed by atoms with van der Waals surface area (Å²) in [5.41, 5.74) is 3.26. The maximum absolute atomic E-state index is 13.5. The molecule has 2 aromatic rings. The zero-order chi connectivity index (χ0) is 34.6. The zero-order valence-corrected chi connectivity index (χ0v) is 31.5. The number of nitrogens with zero attached hydrogens (tertiary/aromatic N) is 1. The second kappa shape index (κ2) is 15.4. The lowest BCUT2D eigenvalue weighted by molar-refractivity contribution is -0.0782. The molecule has 0 spiro atoms. The lowest BCUT2D eigenvalue weighted by Crippen LogP contribution is -2.51. The van der Waals surface area contributed by atoms with Crippen molar-refractivity contribution in [3.05, 3.63) is 56.3 Å². The van der Waals surface area contributed by atoms with Gasteiger partial charge in [-0.1, -0.05) is 65.3 Å². The Kier molecular flexibility index (Phi) is 12.3. The Bertz CT molecular complexity index is 1350. The van der Waals surface area contributed by atoms with Gasteiger partial charge in [0.25, 0.3) is 0 Å². The van der Waals surface area contributed by atoms with Crippen LogP contribution in [0.3, 0.4) is 0 Å². The van der Waals surface area contributed by atoms with E-state index in [-0.39, 0.29) is 29.6 Å². The summed E-state index contributed by atoms with van der Waals surface area (Å²) in [5, 5.41) is 3.54. The van der Waals surface area contributed by atoms with Gasteiger partial charge in [-0.15, -0.1) is 11.3 Å². The van der Waals surface area contributed by atoms with Crippen LogP contribution in [0, 0.1) is 11.3 Å². The summed E-state index contributed by atoms with van der Waals surface area (Å²) in [6.45, 7) is 22.7. The number of nitrogens with one attached hydrogen (secondary N) is 1. The highest BCUT2D eigenvalue weighted by molar-refractivity contribution is 7.12. The van der Waals surface area contributed by atoms with Crippen LogP contribution in [-0.4, -0.2) is 60.1 Å². The fourth-order valence-corrected chi connectivity index (χ4v) is 8.08. The molecule has 7 nitrogen and oxygen atoms in total. The van der Waals surface area contributed by atoms with Crippen molar-refractivity contribution in [3.63, 3.8) is 0 Å². The first kappa shape index (κ1) is 37.4. The second-order valence-electron chi connectivity index (χ2n) is 16.2. The minimum Gasteiger partial charge on any atom is -0.462 e. The monoisotopic (exact) mass is 668 g/mol. The van der Waals surface area contributed by atoms with Crippen molar-refractivity contribution in [1.82, 2.24) is 10.2 Å². The van der Waals surface area contributed by atoms with Gasteiger partial charge >= 0.3 is 12.1 Å². The molecular formula is C39H60N2O5S. The summed E-state index contributed by atoms with van der Waals surface area (Å²) in [6, 6.07) is 8.56. The molecule has 0 unspecified atom stereocenters. The molecule has 1 saturated heterocycles. The molecular weight excluding hydrogens is 609 g/mol. The summed E-state index contributed by atoms with van der Waals surface area (Å²) in [7, 11) is 0. The zero-order valence-electron chi connectivity index (χ0n) is 30.7. The van der Waals surface area contributed by atoms with Crippen LogP contribution >= 0.6 is 11.3 Å². The molecule has 1 fully saturated rings. The predicted molar refractivity (Wildman–Crippen MR) is 191 cm³/mol. The van der Waals surface area contributed by atoms with E-state index in [0.717, 1.165) is 67.5 Å². The van der Waals surface area contributed by atoms with Crippen LogP contribution < -0.4 is 5.32 Å². The van der Waals surface area contributed by atoms with E-state index in [9.17, 15) is 9.59 Å². The first-order valence-electron chi connectivity index (χ1n) is 17.8. The number of fused-ring (bicyclic) bond motifs is 1. The quantitative estimate of drug-likeness (QED) is 0.170. The summed E-state index contributed by atoms with van der Waals surface area (Å²) in [6.07, 6.45) is 6.83. The van der Waals surface area contributed by atoms with Crippen molar-refractivity contribution in [2.45, 2.75) is 144 Å². The third-order valence-electron chi connectivity index (χ3n) is 9.16. The number of carbonyl (C=O) groups excluding carboxylic acids is 2. The van der Waals surface area contributed by atoms with Crippen molar-refractivity contribution >= 4 is 23.4 Å². The standard InChI is InChI=1S/C39H60N2O5S/c1-11-12-21-44-35(42)34-29-23-38(7,8)20-19-32(29)47-33(34)18-17-27-13-15-28(16-14-27)22-30-31(25-40-24-26(2)3)45-39(9,10)41(30)36(43)46-37(4,5)6/h13-16,26,30-31,40H,11-12,17-25H2,1-10H3/t30-,31+/m0/s1. The number of amides is 1. The SMILES string of the molecule is CCCCOC(=O)c1c(CCc2ccc(C[C@H]3[C@@H](CNCC(C)C)OC(C)(C)N3C(=O)OC(C)(C)C)cc2)sc2c1CC(C)(C)CC2. The molecule has 8 heteroatoms. The maximum atomic E-state index is 13.5. The molecule has 0 bridgehead atoms. The third-order valence-corrected chi connectivity index (χ3v) is 10.5. The van der Waals surface area contributed by atoms with Gasteiger partial charge in [-0.3, -0.25) is 4.90 Å². The van der Waals surface area contributed by atoms with Crippen molar-refractivity contribution < 1.29 is 23.8 Å². The normalized spacial score (nSPS) is 20.4. The average molecular weight is 669 g/mol. The van der Waals surface area contributed by atoms with E-state index in [1.165, 1.54) is 16.0 Å². The van der Waals surface area contributed by atoms with Gasteiger partial charge in [0.1, 0.15) is 11.3 Å². The molecule has 2 heterocycles. The van der Waals surface area contributed by atoms with E-state index in [4.69, 9.17) is 14.2 Å². The highest BCUT2D eigenvalue weighted by Crippen LogP contribution is 2.42. The molecule has 2 atom stereocenters. The van der Waals surface area contributed by atoms with E-state index < -0.39 is 11.3 Å². The van der Waals surface area contributed by atoms with Crippen LogP contribution in [0.1, 0.15) is 125 Å². The van der Waals surface area contributed by atoms with E-state index in [2.05, 4.69) is 64.2 Å². The molecule has 1 N–H and O–H groups in total. The summed E-state index contributed by atoms with van der Waals surface area (Å²) >= 11 is 1.82. The molecule has 1 aliphatic carbocycles. The molecule has 0 radical (unpaired) electrons.